The summed E-state index contributed by atoms with van der Waals surface area (Å²) in [5.74, 6) is 0. The van der Waals surface area contributed by atoms with Crippen LogP contribution in [-0.2, 0) is 0 Å². The predicted octanol–water partition coefficient (Wildman–Crippen LogP) is 0.0630. The van der Waals surface area contributed by atoms with E-state index in [1.54, 1.807) is 0 Å². The summed E-state index contributed by atoms with van der Waals surface area (Å²) in [6, 6.07) is 0.153. The summed E-state index contributed by atoms with van der Waals surface area (Å²) in [7, 11) is 0. The highest BCUT2D eigenvalue weighted by Crippen LogP contribution is 2.06. The molecule has 2 rings (SSSR count). The fourth-order valence-electron chi connectivity index (χ4n) is 1.63. The Morgan fingerprint density at radius 1 is 1.00 bits per heavy atom. The molecule has 2 saturated heterocycles. The first-order valence-corrected chi connectivity index (χ1v) is 5.74. The first kappa shape index (κ1) is 12.6. The van der Waals surface area contributed by atoms with Crippen molar-refractivity contribution in [2.75, 3.05) is 39.3 Å². The maximum Gasteiger partial charge on any atom is 0.320 e. The highest BCUT2D eigenvalue weighted by molar-refractivity contribution is 5.76. The van der Waals surface area contributed by atoms with Gasteiger partial charge in [0, 0.05) is 39.3 Å². The number of carbonyl (C=O) groups is 2. The number of likely N-dealkylation sites (N-methyl/N-ethyl adjacent to an activating group) is 2. The molecule has 2 fully saturated rings. The van der Waals surface area contributed by atoms with E-state index in [1.807, 2.05) is 23.6 Å². The zero-order chi connectivity index (χ0) is 12.0. The van der Waals surface area contributed by atoms with E-state index in [-0.39, 0.29) is 12.1 Å². The SMILES string of the molecule is CCN1CCN(CC)C1=O.O=C1NCCN1. The van der Waals surface area contributed by atoms with E-state index in [0.717, 1.165) is 39.3 Å². The van der Waals surface area contributed by atoms with Crippen LogP contribution >= 0.6 is 0 Å². The lowest BCUT2D eigenvalue weighted by Crippen LogP contribution is -2.31. The van der Waals surface area contributed by atoms with Crippen LogP contribution in [0.1, 0.15) is 13.8 Å². The van der Waals surface area contributed by atoms with Gasteiger partial charge in [0.25, 0.3) is 0 Å². The number of amides is 4. The molecule has 0 aromatic carbocycles. The Kier molecular flexibility index (Phi) is 4.88. The number of hydrogen-bond donors (Lipinski definition) is 2. The maximum absolute atomic E-state index is 11.2. The van der Waals surface area contributed by atoms with Crippen molar-refractivity contribution >= 4 is 12.1 Å². The Morgan fingerprint density at radius 2 is 1.44 bits per heavy atom. The lowest BCUT2D eigenvalue weighted by Gasteiger charge is -2.14. The second kappa shape index (κ2) is 6.19. The molecule has 0 saturated carbocycles. The minimum Gasteiger partial charge on any atom is -0.336 e. The second-order valence-electron chi connectivity index (χ2n) is 3.62. The fraction of sp³-hybridized carbons (Fsp3) is 0.800. The van der Waals surface area contributed by atoms with Crippen molar-refractivity contribution in [2.24, 2.45) is 0 Å². The van der Waals surface area contributed by atoms with Crippen LogP contribution in [0.5, 0.6) is 0 Å². The van der Waals surface area contributed by atoms with E-state index < -0.39 is 0 Å². The summed E-state index contributed by atoms with van der Waals surface area (Å²) >= 11 is 0. The molecule has 2 aliphatic heterocycles. The molecule has 2 aliphatic rings. The van der Waals surface area contributed by atoms with Gasteiger partial charge in [0.2, 0.25) is 0 Å². The molecule has 92 valence electrons. The van der Waals surface area contributed by atoms with Crippen molar-refractivity contribution in [3.8, 4) is 0 Å². The van der Waals surface area contributed by atoms with Crippen molar-refractivity contribution in [1.29, 1.82) is 0 Å². The van der Waals surface area contributed by atoms with Crippen LogP contribution in [0, 0.1) is 0 Å². The number of nitrogens with one attached hydrogen (secondary N) is 2. The van der Waals surface area contributed by atoms with Crippen molar-refractivity contribution in [1.82, 2.24) is 20.4 Å². The molecular formula is C10H20N4O2. The highest BCUT2D eigenvalue weighted by Gasteiger charge is 2.24. The summed E-state index contributed by atoms with van der Waals surface area (Å²) in [6.07, 6.45) is 0. The van der Waals surface area contributed by atoms with Crippen LogP contribution in [0.25, 0.3) is 0 Å². The fourth-order valence-corrected chi connectivity index (χ4v) is 1.63. The zero-order valence-corrected chi connectivity index (χ0v) is 9.95. The van der Waals surface area contributed by atoms with Gasteiger partial charge in [-0.1, -0.05) is 0 Å². The van der Waals surface area contributed by atoms with E-state index in [4.69, 9.17) is 0 Å². The molecule has 0 aromatic rings. The summed E-state index contributed by atoms with van der Waals surface area (Å²) in [5.41, 5.74) is 0. The van der Waals surface area contributed by atoms with Gasteiger partial charge in [0.1, 0.15) is 0 Å². The van der Waals surface area contributed by atoms with Crippen LogP contribution in [0.4, 0.5) is 9.59 Å². The Hall–Kier alpha value is -1.46. The molecule has 16 heavy (non-hydrogen) atoms. The van der Waals surface area contributed by atoms with Crippen LogP contribution in [0.3, 0.4) is 0 Å². The number of urea groups is 2. The Morgan fingerprint density at radius 3 is 1.62 bits per heavy atom. The van der Waals surface area contributed by atoms with Crippen molar-refractivity contribution in [3.05, 3.63) is 0 Å². The zero-order valence-electron chi connectivity index (χ0n) is 9.95. The van der Waals surface area contributed by atoms with Gasteiger partial charge in [-0.2, -0.15) is 0 Å². The van der Waals surface area contributed by atoms with Crippen LogP contribution in [0.15, 0.2) is 0 Å². The monoisotopic (exact) mass is 228 g/mol. The van der Waals surface area contributed by atoms with Crippen molar-refractivity contribution in [2.45, 2.75) is 13.8 Å². The lowest BCUT2D eigenvalue weighted by atomic mass is 10.6. The number of carbonyl (C=O) groups excluding carboxylic acids is 2. The maximum atomic E-state index is 11.2. The molecule has 2 heterocycles. The molecule has 2 N–H and O–H groups in total. The van der Waals surface area contributed by atoms with E-state index in [0.29, 0.717) is 0 Å². The van der Waals surface area contributed by atoms with E-state index in [1.165, 1.54) is 0 Å². The number of hydrogen-bond acceptors (Lipinski definition) is 2. The number of rotatable bonds is 2. The van der Waals surface area contributed by atoms with E-state index >= 15 is 0 Å². The molecule has 4 amide bonds. The standard InChI is InChI=1S/C7H14N2O.C3H6N2O/c1-3-8-5-6-9(4-2)7(8)10;6-3-4-1-2-5-3/h3-6H2,1-2H3;1-2H2,(H2,4,5,6). The predicted molar refractivity (Wildman–Crippen MR) is 61.3 cm³/mol. The third-order valence-corrected chi connectivity index (χ3v) is 2.64. The lowest BCUT2D eigenvalue weighted by molar-refractivity contribution is 0.195. The molecule has 0 unspecified atom stereocenters. The molecule has 0 atom stereocenters. The highest BCUT2D eigenvalue weighted by atomic mass is 16.2. The Bertz CT molecular complexity index is 235. The normalized spacial score (nSPS) is 19.1. The van der Waals surface area contributed by atoms with Gasteiger partial charge in [0.05, 0.1) is 0 Å². The molecule has 6 nitrogen and oxygen atoms in total. The van der Waals surface area contributed by atoms with Crippen molar-refractivity contribution < 1.29 is 9.59 Å². The summed E-state index contributed by atoms with van der Waals surface area (Å²) in [6.45, 7) is 9.07. The molecule has 0 aromatic heterocycles. The summed E-state index contributed by atoms with van der Waals surface area (Å²) in [4.78, 5) is 25.0. The molecule has 0 aliphatic carbocycles. The van der Waals surface area contributed by atoms with E-state index in [2.05, 4.69) is 10.6 Å². The van der Waals surface area contributed by atoms with E-state index in [9.17, 15) is 9.59 Å². The third-order valence-electron chi connectivity index (χ3n) is 2.64. The van der Waals surface area contributed by atoms with Crippen molar-refractivity contribution in [3.63, 3.8) is 0 Å². The van der Waals surface area contributed by atoms with Gasteiger partial charge in [-0.15, -0.1) is 0 Å². The quantitative estimate of drug-likeness (QED) is 0.702. The summed E-state index contributed by atoms with van der Waals surface area (Å²) in [5, 5.41) is 5.14. The average Bonchev–Trinajstić information content (AvgIpc) is 2.88. The second-order valence-corrected chi connectivity index (χ2v) is 3.62. The van der Waals surface area contributed by atoms with Gasteiger partial charge in [0.15, 0.2) is 0 Å². The molecular weight excluding hydrogens is 208 g/mol. The van der Waals surface area contributed by atoms with Crippen LogP contribution in [-0.4, -0.2) is 61.1 Å². The molecule has 0 spiro atoms. The van der Waals surface area contributed by atoms with Gasteiger partial charge in [-0.05, 0) is 13.8 Å². The Labute approximate surface area is 96.0 Å². The average molecular weight is 228 g/mol. The molecule has 0 radical (unpaired) electrons. The van der Waals surface area contributed by atoms with Gasteiger partial charge in [-0.25, -0.2) is 9.59 Å². The van der Waals surface area contributed by atoms with Crippen LogP contribution < -0.4 is 10.6 Å². The topological polar surface area (TPSA) is 64.7 Å². The smallest absolute Gasteiger partial charge is 0.320 e. The minimum absolute atomic E-state index is 0.0463. The largest absolute Gasteiger partial charge is 0.336 e. The first-order valence-electron chi connectivity index (χ1n) is 5.74. The summed E-state index contributed by atoms with van der Waals surface area (Å²) < 4.78 is 0. The third kappa shape index (κ3) is 3.29. The molecule has 0 bridgehead atoms. The first-order chi connectivity index (χ1) is 7.69. The van der Waals surface area contributed by atoms with Gasteiger partial charge in [-0.3, -0.25) is 0 Å². The van der Waals surface area contributed by atoms with Gasteiger partial charge >= 0.3 is 12.1 Å². The minimum atomic E-state index is -0.0463. The van der Waals surface area contributed by atoms with Crippen LogP contribution in [0.2, 0.25) is 0 Å². The van der Waals surface area contributed by atoms with Gasteiger partial charge < -0.3 is 20.4 Å². The Balaban J connectivity index is 0.000000181. The molecule has 6 heteroatoms. The number of nitrogens with zero attached hydrogens (tertiary/aromatic N) is 2.